The van der Waals surface area contributed by atoms with Gasteiger partial charge in [0.2, 0.25) is 0 Å². The lowest BCUT2D eigenvalue weighted by Crippen LogP contribution is -2.37. The van der Waals surface area contributed by atoms with E-state index in [1.54, 1.807) is 12.0 Å². The maximum absolute atomic E-state index is 13.0. The van der Waals surface area contributed by atoms with Gasteiger partial charge in [-0.15, -0.1) is 12.6 Å². The summed E-state index contributed by atoms with van der Waals surface area (Å²) < 4.78 is 10.6. The van der Waals surface area contributed by atoms with Crippen molar-refractivity contribution in [2.45, 2.75) is 18.5 Å². The second-order valence-corrected chi connectivity index (χ2v) is 7.41. The molecule has 0 N–H and O–H groups in total. The van der Waals surface area contributed by atoms with Crippen molar-refractivity contribution >= 4 is 35.6 Å². The first-order valence-corrected chi connectivity index (χ1v) is 9.98. The van der Waals surface area contributed by atoms with Gasteiger partial charge >= 0.3 is 0 Å². The van der Waals surface area contributed by atoms with Gasteiger partial charge in [-0.1, -0.05) is 0 Å². The van der Waals surface area contributed by atoms with Crippen molar-refractivity contribution in [1.82, 2.24) is 0 Å². The van der Waals surface area contributed by atoms with E-state index in [0.717, 1.165) is 43.4 Å². The average molecular weight is 400 g/mol. The van der Waals surface area contributed by atoms with E-state index >= 15 is 0 Å². The van der Waals surface area contributed by atoms with E-state index < -0.39 is 0 Å². The van der Waals surface area contributed by atoms with E-state index in [0.29, 0.717) is 0 Å². The van der Waals surface area contributed by atoms with Crippen molar-refractivity contribution in [3.05, 3.63) is 48.5 Å². The van der Waals surface area contributed by atoms with Crippen molar-refractivity contribution in [2.75, 3.05) is 48.1 Å². The molecule has 0 bridgehead atoms. The Bertz CT molecular complexity index is 822. The number of nitrogens with zero attached hydrogens (tertiary/aromatic N) is 3. The fourth-order valence-electron chi connectivity index (χ4n) is 3.78. The van der Waals surface area contributed by atoms with Gasteiger partial charge in [-0.05, 0) is 55.5 Å². The Balaban J connectivity index is 1.56. The Hall–Kier alpha value is -2.38. The minimum atomic E-state index is -0.370. The van der Waals surface area contributed by atoms with Gasteiger partial charge in [0.15, 0.2) is 5.50 Å². The summed E-state index contributed by atoms with van der Waals surface area (Å²) in [6.45, 7) is 5.24. The molecule has 4 rings (SSSR count). The molecule has 7 heteroatoms. The molecule has 28 heavy (non-hydrogen) atoms. The lowest BCUT2D eigenvalue weighted by Gasteiger charge is -2.31. The van der Waals surface area contributed by atoms with E-state index in [2.05, 4.69) is 29.2 Å². The highest BCUT2D eigenvalue weighted by molar-refractivity contribution is 7.81. The largest absolute Gasteiger partial charge is 0.497 e. The lowest BCUT2D eigenvalue weighted by molar-refractivity contribution is -0.117. The van der Waals surface area contributed by atoms with Crippen molar-refractivity contribution in [1.29, 1.82) is 0 Å². The molecule has 2 saturated heterocycles. The number of carbonyl (C=O) groups excluding carboxylic acids is 1. The summed E-state index contributed by atoms with van der Waals surface area (Å²) in [6.07, 6.45) is 0. The highest BCUT2D eigenvalue weighted by atomic mass is 32.1. The summed E-state index contributed by atoms with van der Waals surface area (Å²) in [5.41, 5.74) is 2.59. The molecule has 0 spiro atoms. The second-order valence-electron chi connectivity index (χ2n) is 6.95. The van der Waals surface area contributed by atoms with Crippen LogP contribution in [-0.4, -0.2) is 50.9 Å². The third-order valence-corrected chi connectivity index (χ3v) is 5.85. The second kappa shape index (κ2) is 7.93. The van der Waals surface area contributed by atoms with Gasteiger partial charge < -0.3 is 19.3 Å². The minimum Gasteiger partial charge on any atom is -0.497 e. The van der Waals surface area contributed by atoms with Gasteiger partial charge in [-0.3, -0.25) is 9.69 Å². The van der Waals surface area contributed by atoms with Crippen molar-refractivity contribution in [3.63, 3.8) is 0 Å². The highest BCUT2D eigenvalue weighted by Gasteiger charge is 2.42. The van der Waals surface area contributed by atoms with Crippen LogP contribution in [0, 0.1) is 0 Å². The number of amides is 1. The fourth-order valence-corrected chi connectivity index (χ4v) is 4.36. The Morgan fingerprint density at radius 1 is 0.964 bits per heavy atom. The Labute approximate surface area is 171 Å². The number of ether oxygens (including phenoxy) is 2. The molecule has 2 aliphatic heterocycles. The van der Waals surface area contributed by atoms with Gasteiger partial charge in [0.25, 0.3) is 5.91 Å². The number of rotatable bonds is 4. The van der Waals surface area contributed by atoms with E-state index in [1.807, 2.05) is 36.1 Å². The number of morpholine rings is 1. The first-order valence-electron chi connectivity index (χ1n) is 9.46. The maximum atomic E-state index is 13.0. The van der Waals surface area contributed by atoms with Crippen LogP contribution in [0.2, 0.25) is 0 Å². The number of carbonyl (C=O) groups is 1. The van der Waals surface area contributed by atoms with Crippen LogP contribution in [0.15, 0.2) is 48.5 Å². The normalized spacial score (nSPS) is 22.7. The molecular weight excluding hydrogens is 374 g/mol. The van der Waals surface area contributed by atoms with Crippen LogP contribution in [0.4, 0.5) is 17.1 Å². The summed E-state index contributed by atoms with van der Waals surface area (Å²) >= 11 is 4.77. The van der Waals surface area contributed by atoms with Gasteiger partial charge in [0.05, 0.1) is 20.3 Å². The summed E-state index contributed by atoms with van der Waals surface area (Å²) in [5.74, 6) is 0.789. The highest BCUT2D eigenvalue weighted by Crippen LogP contribution is 2.35. The van der Waals surface area contributed by atoms with E-state index in [4.69, 9.17) is 22.1 Å². The van der Waals surface area contributed by atoms with Crippen LogP contribution in [0.1, 0.15) is 6.92 Å². The molecule has 0 aromatic heterocycles. The molecular formula is C21H25N3O3S. The SMILES string of the molecule is COc1ccc(N2C(=O)C(C)N(c3ccc(N4CCOCC4)cc3)C2S)cc1. The molecule has 1 amide bonds. The summed E-state index contributed by atoms with van der Waals surface area (Å²) in [6, 6.07) is 15.5. The van der Waals surface area contributed by atoms with Gasteiger partial charge in [0.1, 0.15) is 11.8 Å². The van der Waals surface area contributed by atoms with Crippen LogP contribution in [-0.2, 0) is 9.53 Å². The monoisotopic (exact) mass is 399 g/mol. The molecule has 6 nitrogen and oxygen atoms in total. The minimum absolute atomic E-state index is 0.0300. The van der Waals surface area contributed by atoms with Crippen LogP contribution in [0.5, 0.6) is 5.75 Å². The first-order chi connectivity index (χ1) is 13.6. The zero-order valence-electron chi connectivity index (χ0n) is 16.1. The summed E-state index contributed by atoms with van der Waals surface area (Å²) in [4.78, 5) is 19.0. The van der Waals surface area contributed by atoms with Crippen LogP contribution >= 0.6 is 12.6 Å². The van der Waals surface area contributed by atoms with Crippen LogP contribution in [0.25, 0.3) is 0 Å². The smallest absolute Gasteiger partial charge is 0.251 e. The summed E-state index contributed by atoms with van der Waals surface area (Å²) in [5, 5.41) is 0. The van der Waals surface area contributed by atoms with Gasteiger partial charge in [-0.25, -0.2) is 0 Å². The number of thiol groups is 1. The number of methoxy groups -OCH3 is 1. The Kier molecular flexibility index (Phi) is 5.37. The van der Waals surface area contributed by atoms with E-state index in [-0.39, 0.29) is 17.4 Å². The molecule has 2 heterocycles. The van der Waals surface area contributed by atoms with E-state index in [9.17, 15) is 4.79 Å². The van der Waals surface area contributed by atoms with Crippen LogP contribution in [0.3, 0.4) is 0 Å². The third-order valence-electron chi connectivity index (χ3n) is 5.37. The quantitative estimate of drug-likeness (QED) is 0.801. The molecule has 148 valence electrons. The topological polar surface area (TPSA) is 45.2 Å². The predicted octanol–water partition coefficient (Wildman–Crippen LogP) is 2.99. The molecule has 2 aromatic carbocycles. The number of anilines is 3. The molecule has 0 radical (unpaired) electrons. The zero-order valence-corrected chi connectivity index (χ0v) is 17.0. The standard InChI is InChI=1S/C21H25N3O3S/c1-15-20(25)24(18-7-9-19(26-2)10-8-18)21(28)23(15)17-5-3-16(4-6-17)22-11-13-27-14-12-22/h3-10,15,21,28H,11-14H2,1-2H3. The van der Waals surface area contributed by atoms with Crippen molar-refractivity contribution in [2.24, 2.45) is 0 Å². The lowest BCUT2D eigenvalue weighted by atomic mass is 10.2. The van der Waals surface area contributed by atoms with Gasteiger partial charge in [0, 0.05) is 30.2 Å². The maximum Gasteiger partial charge on any atom is 0.251 e. The molecule has 2 atom stereocenters. The Morgan fingerprint density at radius 3 is 2.14 bits per heavy atom. The van der Waals surface area contributed by atoms with Gasteiger partial charge in [-0.2, -0.15) is 0 Å². The molecule has 0 saturated carbocycles. The molecule has 2 unspecified atom stereocenters. The van der Waals surface area contributed by atoms with Crippen LogP contribution < -0.4 is 19.4 Å². The first kappa shape index (κ1) is 19.0. The number of benzene rings is 2. The Morgan fingerprint density at radius 2 is 1.54 bits per heavy atom. The molecule has 2 aliphatic rings. The van der Waals surface area contributed by atoms with Crippen molar-refractivity contribution < 1.29 is 14.3 Å². The number of hydrogen-bond acceptors (Lipinski definition) is 6. The molecule has 0 aliphatic carbocycles. The average Bonchev–Trinajstić information content (AvgIpc) is 2.97. The number of hydrogen-bond donors (Lipinski definition) is 1. The fraction of sp³-hybridized carbons (Fsp3) is 0.381. The third kappa shape index (κ3) is 3.40. The molecule has 2 aromatic rings. The summed E-state index contributed by atoms with van der Waals surface area (Å²) in [7, 11) is 1.63. The molecule has 2 fully saturated rings. The van der Waals surface area contributed by atoms with Crippen molar-refractivity contribution in [3.8, 4) is 5.75 Å². The van der Waals surface area contributed by atoms with E-state index in [1.165, 1.54) is 5.69 Å². The zero-order chi connectivity index (χ0) is 19.7. The predicted molar refractivity (Wildman–Crippen MR) is 115 cm³/mol.